The lowest BCUT2D eigenvalue weighted by Gasteiger charge is -2.16. The van der Waals surface area contributed by atoms with Gasteiger partial charge in [0.1, 0.15) is 10.6 Å². The summed E-state index contributed by atoms with van der Waals surface area (Å²) < 4.78 is 39.0. The molecule has 178 valence electrons. The molecule has 8 nitrogen and oxygen atoms in total. The number of sulfonamides is 1. The number of anilines is 1. The molecule has 0 unspecified atom stereocenters. The predicted octanol–water partition coefficient (Wildman–Crippen LogP) is 4.13. The summed E-state index contributed by atoms with van der Waals surface area (Å²) in [6.45, 7) is 2.38. The van der Waals surface area contributed by atoms with Crippen molar-refractivity contribution in [1.82, 2.24) is 4.72 Å². The van der Waals surface area contributed by atoms with Crippen LogP contribution in [0.2, 0.25) is 0 Å². The fourth-order valence-electron chi connectivity index (χ4n) is 3.64. The molecular formula is C24H30N2O6S. The number of esters is 1. The van der Waals surface area contributed by atoms with Gasteiger partial charge in [0, 0.05) is 17.3 Å². The highest BCUT2D eigenvalue weighted by Crippen LogP contribution is 2.27. The Morgan fingerprint density at radius 2 is 1.70 bits per heavy atom. The minimum atomic E-state index is -3.85. The average Bonchev–Trinajstić information content (AvgIpc) is 3.31. The van der Waals surface area contributed by atoms with Crippen LogP contribution in [0.4, 0.5) is 5.69 Å². The van der Waals surface area contributed by atoms with E-state index < -0.39 is 21.9 Å². The van der Waals surface area contributed by atoms with Crippen molar-refractivity contribution in [2.24, 2.45) is 0 Å². The minimum absolute atomic E-state index is 0.0743. The second-order valence-corrected chi connectivity index (χ2v) is 9.67. The first kappa shape index (κ1) is 24.7. The number of carbonyl (C=O) groups is 2. The zero-order valence-electron chi connectivity index (χ0n) is 18.9. The van der Waals surface area contributed by atoms with Gasteiger partial charge in [0.2, 0.25) is 10.0 Å². The van der Waals surface area contributed by atoms with Crippen LogP contribution in [0.25, 0.3) is 0 Å². The Bertz CT molecular complexity index is 1080. The van der Waals surface area contributed by atoms with E-state index in [4.69, 9.17) is 9.47 Å². The average molecular weight is 475 g/mol. The lowest BCUT2D eigenvalue weighted by atomic mass is 10.1. The number of ether oxygens (including phenoxy) is 2. The second kappa shape index (κ2) is 11.3. The molecular weight excluding hydrogens is 444 g/mol. The summed E-state index contributed by atoms with van der Waals surface area (Å²) in [7, 11) is -2.46. The fourth-order valence-corrected chi connectivity index (χ4v) is 5.14. The van der Waals surface area contributed by atoms with E-state index in [1.54, 1.807) is 24.3 Å². The molecule has 0 atom stereocenters. The molecule has 0 heterocycles. The fraction of sp³-hybridized carbons (Fsp3) is 0.417. The quantitative estimate of drug-likeness (QED) is 0.396. The zero-order valence-corrected chi connectivity index (χ0v) is 19.7. The third-order valence-electron chi connectivity index (χ3n) is 5.50. The molecule has 33 heavy (non-hydrogen) atoms. The Morgan fingerprint density at radius 3 is 2.33 bits per heavy atom. The van der Waals surface area contributed by atoms with Gasteiger partial charge in [-0.05, 0) is 61.7 Å². The summed E-state index contributed by atoms with van der Waals surface area (Å²) in [5.41, 5.74) is 1.03. The van der Waals surface area contributed by atoms with Crippen LogP contribution in [-0.4, -0.2) is 40.1 Å². The topological polar surface area (TPSA) is 111 Å². The maximum absolute atomic E-state index is 12.9. The van der Waals surface area contributed by atoms with Crippen LogP contribution in [0.5, 0.6) is 5.75 Å². The van der Waals surface area contributed by atoms with Gasteiger partial charge in [0.15, 0.2) is 0 Å². The summed E-state index contributed by atoms with van der Waals surface area (Å²) in [6, 6.07) is 10.5. The normalized spacial score (nSPS) is 14.1. The van der Waals surface area contributed by atoms with E-state index in [1.807, 2.05) is 6.92 Å². The number of methoxy groups -OCH3 is 1. The molecule has 1 saturated carbocycles. The first-order valence-corrected chi connectivity index (χ1v) is 12.6. The molecule has 0 saturated heterocycles. The largest absolute Gasteiger partial charge is 0.495 e. The van der Waals surface area contributed by atoms with Crippen LogP contribution in [0, 0.1) is 0 Å². The van der Waals surface area contributed by atoms with Crippen molar-refractivity contribution in [3.63, 3.8) is 0 Å². The summed E-state index contributed by atoms with van der Waals surface area (Å²) in [6.07, 6.45) is 5.30. The summed E-state index contributed by atoms with van der Waals surface area (Å²) in [4.78, 5) is 24.7. The Labute approximate surface area is 194 Å². The molecule has 0 radical (unpaired) electrons. The molecule has 0 spiro atoms. The first-order valence-electron chi connectivity index (χ1n) is 11.1. The summed E-state index contributed by atoms with van der Waals surface area (Å²) in [5, 5.41) is 2.72. The van der Waals surface area contributed by atoms with Crippen LogP contribution in [-0.2, 0) is 14.8 Å². The smallest absolute Gasteiger partial charge is 0.338 e. The highest BCUT2D eigenvalue weighted by molar-refractivity contribution is 7.89. The van der Waals surface area contributed by atoms with Gasteiger partial charge in [0.25, 0.3) is 5.91 Å². The van der Waals surface area contributed by atoms with Crippen LogP contribution < -0.4 is 14.8 Å². The maximum atomic E-state index is 12.9. The lowest BCUT2D eigenvalue weighted by Crippen LogP contribution is -2.33. The molecule has 2 N–H and O–H groups in total. The molecule has 0 aliphatic heterocycles. The Morgan fingerprint density at radius 1 is 1.03 bits per heavy atom. The van der Waals surface area contributed by atoms with E-state index in [1.165, 1.54) is 25.3 Å². The van der Waals surface area contributed by atoms with Crippen molar-refractivity contribution < 1.29 is 27.5 Å². The number of hydrogen-bond acceptors (Lipinski definition) is 6. The van der Waals surface area contributed by atoms with Crippen molar-refractivity contribution in [3.05, 3.63) is 53.6 Å². The van der Waals surface area contributed by atoms with E-state index in [0.29, 0.717) is 17.9 Å². The lowest BCUT2D eigenvalue weighted by molar-refractivity contribution is 0.0499. The number of benzene rings is 2. The van der Waals surface area contributed by atoms with Crippen LogP contribution >= 0.6 is 0 Å². The van der Waals surface area contributed by atoms with Gasteiger partial charge in [-0.25, -0.2) is 17.9 Å². The monoisotopic (exact) mass is 474 g/mol. The molecule has 0 bridgehead atoms. The molecule has 9 heteroatoms. The van der Waals surface area contributed by atoms with Crippen molar-refractivity contribution in [2.75, 3.05) is 19.0 Å². The van der Waals surface area contributed by atoms with Gasteiger partial charge < -0.3 is 14.8 Å². The third kappa shape index (κ3) is 6.55. The predicted molar refractivity (Wildman–Crippen MR) is 125 cm³/mol. The number of nitrogens with one attached hydrogen (secondary N) is 2. The number of rotatable bonds is 10. The Balaban J connectivity index is 1.72. The van der Waals surface area contributed by atoms with Crippen molar-refractivity contribution >= 4 is 27.6 Å². The van der Waals surface area contributed by atoms with Gasteiger partial charge in [-0.2, -0.15) is 0 Å². The van der Waals surface area contributed by atoms with Crippen LogP contribution in [0.1, 0.15) is 66.2 Å². The second-order valence-electron chi connectivity index (χ2n) is 7.99. The van der Waals surface area contributed by atoms with E-state index in [9.17, 15) is 18.0 Å². The van der Waals surface area contributed by atoms with Crippen LogP contribution in [0.3, 0.4) is 0 Å². The Kier molecular flexibility index (Phi) is 8.46. The Hall–Kier alpha value is -2.91. The maximum Gasteiger partial charge on any atom is 0.338 e. The molecule has 2 aromatic rings. The minimum Gasteiger partial charge on any atom is -0.495 e. The highest BCUT2D eigenvalue weighted by Gasteiger charge is 2.26. The van der Waals surface area contributed by atoms with Gasteiger partial charge in [-0.1, -0.05) is 26.2 Å². The SMILES string of the molecule is CCCCOC(=O)c1ccc(NC(=O)c2ccc(OC)c(S(=O)(=O)NC3CCCC3)c2)cc1. The van der Waals surface area contributed by atoms with Crippen molar-refractivity contribution in [2.45, 2.75) is 56.4 Å². The van der Waals surface area contributed by atoms with Gasteiger partial charge in [-0.3, -0.25) is 4.79 Å². The van der Waals surface area contributed by atoms with Gasteiger partial charge >= 0.3 is 5.97 Å². The highest BCUT2D eigenvalue weighted by atomic mass is 32.2. The third-order valence-corrected chi connectivity index (χ3v) is 7.04. The molecule has 1 aliphatic carbocycles. The van der Waals surface area contributed by atoms with Gasteiger partial charge in [-0.15, -0.1) is 0 Å². The van der Waals surface area contributed by atoms with Gasteiger partial charge in [0.05, 0.1) is 19.3 Å². The molecule has 1 amide bonds. The van der Waals surface area contributed by atoms with E-state index in [2.05, 4.69) is 10.0 Å². The van der Waals surface area contributed by atoms with E-state index >= 15 is 0 Å². The molecule has 0 aromatic heterocycles. The molecule has 2 aromatic carbocycles. The molecule has 1 fully saturated rings. The summed E-state index contributed by atoms with van der Waals surface area (Å²) >= 11 is 0. The van der Waals surface area contributed by atoms with E-state index in [-0.39, 0.29) is 22.3 Å². The molecule has 3 rings (SSSR count). The number of hydrogen-bond donors (Lipinski definition) is 2. The number of carbonyl (C=O) groups excluding carboxylic acids is 2. The number of amides is 1. The summed E-state index contributed by atoms with van der Waals surface area (Å²) in [5.74, 6) is -0.725. The number of unbranched alkanes of at least 4 members (excludes halogenated alkanes) is 1. The molecule has 1 aliphatic rings. The van der Waals surface area contributed by atoms with Crippen molar-refractivity contribution in [1.29, 1.82) is 0 Å². The van der Waals surface area contributed by atoms with Crippen molar-refractivity contribution in [3.8, 4) is 5.75 Å². The van der Waals surface area contributed by atoms with E-state index in [0.717, 1.165) is 38.5 Å². The first-order chi connectivity index (χ1) is 15.8. The zero-order chi connectivity index (χ0) is 23.8. The standard InChI is InChI=1S/C24H30N2O6S/c1-3-4-15-32-24(28)17-9-12-19(13-10-17)25-23(27)18-11-14-21(31-2)22(16-18)33(29,30)26-20-7-5-6-8-20/h9-14,16,20,26H,3-8,15H2,1-2H3,(H,25,27). The van der Waals surface area contributed by atoms with Crippen LogP contribution in [0.15, 0.2) is 47.4 Å².